The number of nitrogens with one attached hydrogen (secondary N) is 1. The smallest absolute Gasteiger partial charge is 0.338 e. The van der Waals surface area contributed by atoms with E-state index in [4.69, 9.17) is 19.5 Å². The fourth-order valence-electron chi connectivity index (χ4n) is 4.74. The Hall–Kier alpha value is -4.39. The Balaban J connectivity index is 1.18. The number of carbonyl (C=O) groups excluding carboxylic acids is 2. The van der Waals surface area contributed by atoms with Crippen LogP contribution in [0.4, 0.5) is 0 Å². The molecule has 0 spiro atoms. The molecule has 1 saturated heterocycles. The molecule has 1 N–H and O–H groups in total. The van der Waals surface area contributed by atoms with Crippen molar-refractivity contribution in [2.45, 2.75) is 5.72 Å². The fourth-order valence-corrected chi connectivity index (χ4v) is 4.74. The van der Waals surface area contributed by atoms with Crippen molar-refractivity contribution in [1.82, 2.24) is 15.1 Å². The predicted molar refractivity (Wildman–Crippen MR) is 144 cm³/mol. The maximum atomic E-state index is 12.7. The Morgan fingerprint density at radius 2 is 1.59 bits per heavy atom. The average Bonchev–Trinajstić information content (AvgIpc) is 3.00. The van der Waals surface area contributed by atoms with E-state index in [1.54, 1.807) is 48.5 Å². The lowest BCUT2D eigenvalue weighted by Gasteiger charge is -2.48. The molecule has 0 radical (unpaired) electrons. The number of piperazine rings is 1. The van der Waals surface area contributed by atoms with Crippen LogP contribution in [-0.2, 0) is 4.74 Å². The van der Waals surface area contributed by atoms with Gasteiger partial charge < -0.3 is 19.5 Å². The summed E-state index contributed by atoms with van der Waals surface area (Å²) < 4.78 is 18.3. The Morgan fingerprint density at radius 1 is 0.897 bits per heavy atom. The Labute approximate surface area is 227 Å². The third-order valence-electron chi connectivity index (χ3n) is 6.98. The van der Waals surface area contributed by atoms with Gasteiger partial charge in [-0.15, -0.1) is 0 Å². The summed E-state index contributed by atoms with van der Waals surface area (Å²) in [6, 6.07) is 25.0. The van der Waals surface area contributed by atoms with Crippen molar-refractivity contribution >= 4 is 11.9 Å². The first kappa shape index (κ1) is 26.2. The number of carbonyl (C=O) groups is 2. The van der Waals surface area contributed by atoms with E-state index in [0.29, 0.717) is 54.4 Å². The molecule has 5 rings (SSSR count). The molecular weight excluding hydrogens is 496 g/mol. The highest BCUT2D eigenvalue weighted by atomic mass is 16.6. The van der Waals surface area contributed by atoms with E-state index in [0.717, 1.165) is 13.1 Å². The van der Waals surface area contributed by atoms with Crippen molar-refractivity contribution in [2.75, 3.05) is 52.5 Å². The van der Waals surface area contributed by atoms with Gasteiger partial charge in [-0.2, -0.15) is 5.26 Å². The van der Waals surface area contributed by atoms with Gasteiger partial charge in [0.2, 0.25) is 5.72 Å². The number of benzene rings is 3. The zero-order valence-corrected chi connectivity index (χ0v) is 21.5. The molecule has 2 aliphatic heterocycles. The zero-order valence-electron chi connectivity index (χ0n) is 21.5. The highest BCUT2D eigenvalue weighted by molar-refractivity contribution is 5.94. The molecule has 1 atom stereocenters. The summed E-state index contributed by atoms with van der Waals surface area (Å²) in [7, 11) is 0. The van der Waals surface area contributed by atoms with Gasteiger partial charge in [-0.1, -0.05) is 30.3 Å². The van der Waals surface area contributed by atoms with Crippen LogP contribution < -0.4 is 14.8 Å². The third kappa shape index (κ3) is 6.20. The van der Waals surface area contributed by atoms with Crippen LogP contribution in [0.2, 0.25) is 0 Å². The number of hydrogen-bond donors (Lipinski definition) is 1. The third-order valence-corrected chi connectivity index (χ3v) is 6.98. The molecule has 3 aromatic rings. The lowest BCUT2D eigenvalue weighted by atomic mass is 10.1. The molecule has 2 aliphatic rings. The van der Waals surface area contributed by atoms with Gasteiger partial charge in [0.25, 0.3) is 5.91 Å². The summed E-state index contributed by atoms with van der Waals surface area (Å²) >= 11 is 0. The molecular formula is C30H30N4O5. The molecule has 1 amide bonds. The highest BCUT2D eigenvalue weighted by Gasteiger charge is 2.46. The molecule has 2 heterocycles. The minimum absolute atomic E-state index is 0.0235. The first-order chi connectivity index (χ1) is 19.1. The molecule has 200 valence electrons. The topological polar surface area (TPSA) is 104 Å². The van der Waals surface area contributed by atoms with Crippen LogP contribution in [0.25, 0.3) is 0 Å². The summed E-state index contributed by atoms with van der Waals surface area (Å²) in [5.41, 5.74) is 0.584. The molecule has 0 aliphatic carbocycles. The summed E-state index contributed by atoms with van der Waals surface area (Å²) in [4.78, 5) is 29.6. The summed E-state index contributed by atoms with van der Waals surface area (Å²) in [5, 5.41) is 11.9. The van der Waals surface area contributed by atoms with Crippen LogP contribution in [0.15, 0.2) is 78.9 Å². The number of esters is 1. The molecule has 1 fully saturated rings. The number of para-hydroxylation sites is 2. The molecule has 0 saturated carbocycles. The van der Waals surface area contributed by atoms with Crippen LogP contribution in [0, 0.1) is 11.3 Å². The first-order valence-corrected chi connectivity index (χ1v) is 13.0. The van der Waals surface area contributed by atoms with Gasteiger partial charge in [-0.3, -0.25) is 14.6 Å². The fraction of sp³-hybridized carbons (Fsp3) is 0.300. The van der Waals surface area contributed by atoms with Crippen molar-refractivity contribution in [2.24, 2.45) is 0 Å². The van der Waals surface area contributed by atoms with E-state index in [1.807, 2.05) is 30.3 Å². The first-order valence-electron chi connectivity index (χ1n) is 13.0. The van der Waals surface area contributed by atoms with E-state index in [2.05, 4.69) is 21.2 Å². The maximum absolute atomic E-state index is 12.7. The van der Waals surface area contributed by atoms with Crippen LogP contribution in [0.1, 0.15) is 26.3 Å². The normalized spacial score (nSPS) is 19.1. The van der Waals surface area contributed by atoms with E-state index < -0.39 is 11.7 Å². The van der Waals surface area contributed by atoms with Crippen molar-refractivity contribution in [3.8, 4) is 17.6 Å². The van der Waals surface area contributed by atoms with Crippen LogP contribution in [-0.4, -0.2) is 79.9 Å². The second-order valence-electron chi connectivity index (χ2n) is 9.50. The molecule has 9 nitrogen and oxygen atoms in total. The lowest BCUT2D eigenvalue weighted by molar-refractivity contribution is -0.164. The number of hydrogen-bond acceptors (Lipinski definition) is 8. The number of nitriles is 1. The van der Waals surface area contributed by atoms with Crippen molar-refractivity contribution in [3.63, 3.8) is 0 Å². The SMILES string of the molecule is N#Cc1ccc(C(=O)NCCN2CCN(C3(COC(=O)c4ccccc4)COc4ccccc4O3)CC2)cc1. The van der Waals surface area contributed by atoms with Gasteiger partial charge >= 0.3 is 5.97 Å². The minimum Gasteiger partial charge on any atom is -0.484 e. The number of ether oxygens (including phenoxy) is 3. The van der Waals surface area contributed by atoms with Gasteiger partial charge in [0.15, 0.2) is 11.5 Å². The van der Waals surface area contributed by atoms with Crippen molar-refractivity contribution in [3.05, 3.63) is 95.6 Å². The molecule has 9 heteroatoms. The number of fused-ring (bicyclic) bond motifs is 1. The minimum atomic E-state index is -0.950. The predicted octanol–water partition coefficient (Wildman–Crippen LogP) is 2.93. The standard InChI is InChI=1S/C30H30N4O5/c31-20-23-10-12-24(13-11-23)28(35)32-14-15-33-16-18-34(19-17-33)30(21-37-26-8-4-5-9-27(26)39-30)22-38-29(36)25-6-2-1-3-7-25/h1-13H,14-19,21-22H2,(H,32,35). The number of amides is 1. The quantitative estimate of drug-likeness (QED) is 0.447. The average molecular weight is 527 g/mol. The van der Waals surface area contributed by atoms with E-state index in [1.165, 1.54) is 0 Å². The molecule has 0 aromatic heterocycles. The molecule has 0 bridgehead atoms. The van der Waals surface area contributed by atoms with Gasteiger partial charge in [0.1, 0.15) is 13.2 Å². The highest BCUT2D eigenvalue weighted by Crippen LogP contribution is 2.37. The van der Waals surface area contributed by atoms with Crippen LogP contribution in [0.3, 0.4) is 0 Å². The van der Waals surface area contributed by atoms with E-state index in [9.17, 15) is 9.59 Å². The van der Waals surface area contributed by atoms with Gasteiger partial charge in [-0.05, 0) is 48.5 Å². The Kier molecular flexibility index (Phi) is 8.06. The van der Waals surface area contributed by atoms with Crippen molar-refractivity contribution < 1.29 is 23.8 Å². The largest absolute Gasteiger partial charge is 0.484 e. The second-order valence-corrected chi connectivity index (χ2v) is 9.50. The second kappa shape index (κ2) is 12.0. The molecule has 3 aromatic carbocycles. The van der Waals surface area contributed by atoms with Gasteiger partial charge in [-0.25, -0.2) is 4.79 Å². The zero-order chi connectivity index (χ0) is 27.1. The molecule has 1 unspecified atom stereocenters. The Morgan fingerprint density at radius 3 is 2.31 bits per heavy atom. The van der Waals surface area contributed by atoms with E-state index >= 15 is 0 Å². The Bertz CT molecular complexity index is 1330. The summed E-state index contributed by atoms with van der Waals surface area (Å²) in [5.74, 6) is 0.712. The number of nitrogens with zero attached hydrogens (tertiary/aromatic N) is 3. The summed E-state index contributed by atoms with van der Waals surface area (Å²) in [6.45, 7) is 4.33. The summed E-state index contributed by atoms with van der Waals surface area (Å²) in [6.07, 6.45) is 0. The van der Waals surface area contributed by atoms with Crippen LogP contribution in [0.5, 0.6) is 11.5 Å². The monoisotopic (exact) mass is 526 g/mol. The van der Waals surface area contributed by atoms with Crippen LogP contribution >= 0.6 is 0 Å². The number of rotatable bonds is 8. The van der Waals surface area contributed by atoms with Gasteiger partial charge in [0, 0.05) is 44.8 Å². The maximum Gasteiger partial charge on any atom is 0.338 e. The lowest BCUT2D eigenvalue weighted by Crippen LogP contribution is -2.66. The van der Waals surface area contributed by atoms with Gasteiger partial charge in [0.05, 0.1) is 17.2 Å². The molecule has 39 heavy (non-hydrogen) atoms. The van der Waals surface area contributed by atoms with E-state index in [-0.39, 0.29) is 19.1 Å². The van der Waals surface area contributed by atoms with Crippen molar-refractivity contribution in [1.29, 1.82) is 5.26 Å².